The highest BCUT2D eigenvalue weighted by Crippen LogP contribution is 2.22. The minimum Gasteiger partial charge on any atom is -0.389 e. The molecule has 0 aliphatic rings. The molecule has 130 valence electrons. The lowest BCUT2D eigenvalue weighted by Crippen LogP contribution is -2.26. The molecule has 0 aliphatic carbocycles. The molecule has 0 saturated carbocycles. The molecular formula is C16H18N6O2S. The molecule has 0 fully saturated rings. The van der Waals surface area contributed by atoms with E-state index in [-0.39, 0.29) is 24.7 Å². The minimum absolute atomic E-state index is 0.192. The standard InChI is InChI=1S/C16H18N6O2S/c1-16(2,24)10-22-9-12(18-21-22)14(23)17-8-13-19-20-15(25-13)11-6-4-3-5-7-11/h3-7,9,24H,8,10H2,1-2H3,(H,17,23). The molecule has 2 heterocycles. The number of hydrogen-bond acceptors (Lipinski definition) is 7. The van der Waals surface area contributed by atoms with Gasteiger partial charge in [-0.2, -0.15) is 0 Å². The first-order valence-electron chi connectivity index (χ1n) is 7.69. The zero-order chi connectivity index (χ0) is 17.9. The smallest absolute Gasteiger partial charge is 0.273 e. The molecule has 0 bridgehead atoms. The van der Waals surface area contributed by atoms with Gasteiger partial charge in [-0.25, -0.2) is 4.68 Å². The van der Waals surface area contributed by atoms with Crippen molar-refractivity contribution >= 4 is 17.2 Å². The van der Waals surface area contributed by atoms with E-state index in [0.29, 0.717) is 5.01 Å². The van der Waals surface area contributed by atoms with Crippen molar-refractivity contribution in [2.45, 2.75) is 32.5 Å². The van der Waals surface area contributed by atoms with Gasteiger partial charge in [0, 0.05) is 5.56 Å². The Bertz CT molecular complexity index is 853. The van der Waals surface area contributed by atoms with Gasteiger partial charge in [-0.15, -0.1) is 15.3 Å². The molecule has 1 aromatic carbocycles. The summed E-state index contributed by atoms with van der Waals surface area (Å²) < 4.78 is 1.44. The normalized spacial score (nSPS) is 11.5. The fraction of sp³-hybridized carbons (Fsp3) is 0.312. The fourth-order valence-electron chi connectivity index (χ4n) is 2.15. The Morgan fingerprint density at radius 3 is 2.72 bits per heavy atom. The summed E-state index contributed by atoms with van der Waals surface area (Å²) in [4.78, 5) is 12.1. The molecule has 0 saturated heterocycles. The lowest BCUT2D eigenvalue weighted by molar-refractivity contribution is 0.0571. The zero-order valence-corrected chi connectivity index (χ0v) is 14.7. The monoisotopic (exact) mass is 358 g/mol. The summed E-state index contributed by atoms with van der Waals surface area (Å²) in [5, 5.41) is 29.9. The molecule has 9 heteroatoms. The zero-order valence-electron chi connectivity index (χ0n) is 13.9. The third kappa shape index (κ3) is 4.68. The van der Waals surface area contributed by atoms with Gasteiger partial charge in [0.1, 0.15) is 10.0 Å². The van der Waals surface area contributed by atoms with Gasteiger partial charge in [0.15, 0.2) is 5.69 Å². The summed E-state index contributed by atoms with van der Waals surface area (Å²) in [6.45, 7) is 3.84. The summed E-state index contributed by atoms with van der Waals surface area (Å²) in [5.41, 5.74) is 0.256. The molecule has 8 nitrogen and oxygen atoms in total. The third-order valence-electron chi connectivity index (χ3n) is 3.21. The molecule has 0 aliphatic heterocycles. The second-order valence-corrected chi connectivity index (χ2v) is 7.23. The van der Waals surface area contributed by atoms with Crippen LogP contribution >= 0.6 is 11.3 Å². The van der Waals surface area contributed by atoms with Crippen LogP contribution in [0.2, 0.25) is 0 Å². The maximum atomic E-state index is 12.1. The van der Waals surface area contributed by atoms with E-state index in [4.69, 9.17) is 0 Å². The Morgan fingerprint density at radius 2 is 2.00 bits per heavy atom. The average molecular weight is 358 g/mol. The van der Waals surface area contributed by atoms with Crippen molar-refractivity contribution in [1.29, 1.82) is 0 Å². The van der Waals surface area contributed by atoms with Crippen molar-refractivity contribution in [3.63, 3.8) is 0 Å². The van der Waals surface area contributed by atoms with Crippen LogP contribution in [-0.4, -0.2) is 41.8 Å². The molecule has 0 atom stereocenters. The van der Waals surface area contributed by atoms with E-state index in [1.54, 1.807) is 13.8 Å². The van der Waals surface area contributed by atoms with Crippen molar-refractivity contribution < 1.29 is 9.90 Å². The van der Waals surface area contributed by atoms with Crippen LogP contribution in [0.3, 0.4) is 0 Å². The quantitative estimate of drug-likeness (QED) is 0.692. The largest absolute Gasteiger partial charge is 0.389 e. The van der Waals surface area contributed by atoms with Gasteiger partial charge in [0.25, 0.3) is 5.91 Å². The minimum atomic E-state index is -0.929. The summed E-state index contributed by atoms with van der Waals surface area (Å²) in [6.07, 6.45) is 1.50. The highest BCUT2D eigenvalue weighted by Gasteiger charge is 2.17. The lowest BCUT2D eigenvalue weighted by atomic mass is 10.1. The van der Waals surface area contributed by atoms with Crippen LogP contribution in [-0.2, 0) is 13.1 Å². The van der Waals surface area contributed by atoms with E-state index in [0.717, 1.165) is 10.6 Å². The molecule has 0 unspecified atom stereocenters. The summed E-state index contributed by atoms with van der Waals surface area (Å²) in [6, 6.07) is 9.74. The van der Waals surface area contributed by atoms with Crippen LogP contribution in [0.5, 0.6) is 0 Å². The van der Waals surface area contributed by atoms with Crippen LogP contribution in [0.1, 0.15) is 29.3 Å². The van der Waals surface area contributed by atoms with E-state index in [9.17, 15) is 9.90 Å². The molecule has 3 rings (SSSR count). The van der Waals surface area contributed by atoms with Crippen LogP contribution in [0.25, 0.3) is 10.6 Å². The number of hydrogen-bond donors (Lipinski definition) is 2. The van der Waals surface area contributed by atoms with Crippen molar-refractivity contribution in [3.05, 3.63) is 47.2 Å². The maximum absolute atomic E-state index is 12.1. The van der Waals surface area contributed by atoms with Crippen molar-refractivity contribution in [2.75, 3.05) is 0 Å². The summed E-state index contributed by atoms with van der Waals surface area (Å²) in [5.74, 6) is -0.349. The number of aromatic nitrogens is 5. The maximum Gasteiger partial charge on any atom is 0.273 e. The van der Waals surface area contributed by atoms with Crippen LogP contribution in [0.4, 0.5) is 0 Å². The number of nitrogens with one attached hydrogen (secondary N) is 1. The summed E-state index contributed by atoms with van der Waals surface area (Å²) in [7, 11) is 0. The number of benzene rings is 1. The summed E-state index contributed by atoms with van der Waals surface area (Å²) >= 11 is 1.42. The molecule has 0 spiro atoms. The first kappa shape index (κ1) is 17.2. The molecular weight excluding hydrogens is 340 g/mol. The van der Waals surface area contributed by atoms with Crippen molar-refractivity contribution in [2.24, 2.45) is 0 Å². The lowest BCUT2D eigenvalue weighted by Gasteiger charge is -2.15. The predicted octanol–water partition coefficient (Wildman–Crippen LogP) is 1.50. The third-order valence-corrected chi connectivity index (χ3v) is 4.18. The number of carbonyl (C=O) groups excluding carboxylic acids is 1. The van der Waals surface area contributed by atoms with Crippen molar-refractivity contribution in [1.82, 2.24) is 30.5 Å². The first-order valence-corrected chi connectivity index (χ1v) is 8.51. The average Bonchev–Trinajstić information content (AvgIpc) is 3.21. The van der Waals surface area contributed by atoms with Crippen LogP contribution in [0.15, 0.2) is 36.5 Å². The van der Waals surface area contributed by atoms with Crippen molar-refractivity contribution in [3.8, 4) is 10.6 Å². The Balaban J connectivity index is 1.59. The SMILES string of the molecule is CC(C)(O)Cn1cc(C(=O)NCc2nnc(-c3ccccc3)s2)nn1. The van der Waals surface area contributed by atoms with Gasteiger partial charge < -0.3 is 10.4 Å². The Morgan fingerprint density at radius 1 is 1.24 bits per heavy atom. The Labute approximate surface area is 148 Å². The van der Waals surface area contributed by atoms with Gasteiger partial charge in [-0.05, 0) is 13.8 Å². The van der Waals surface area contributed by atoms with Crippen LogP contribution in [0, 0.1) is 0 Å². The molecule has 25 heavy (non-hydrogen) atoms. The molecule has 3 aromatic rings. The van der Waals surface area contributed by atoms with E-state index in [1.165, 1.54) is 22.2 Å². The fourth-order valence-corrected chi connectivity index (χ4v) is 2.93. The van der Waals surface area contributed by atoms with Gasteiger partial charge in [-0.1, -0.05) is 46.9 Å². The molecule has 1 amide bonds. The Hall–Kier alpha value is -2.65. The highest BCUT2D eigenvalue weighted by molar-refractivity contribution is 7.14. The van der Waals surface area contributed by atoms with Crippen LogP contribution < -0.4 is 5.32 Å². The number of amides is 1. The predicted molar refractivity (Wildman–Crippen MR) is 92.8 cm³/mol. The second kappa shape index (κ2) is 7.08. The van der Waals surface area contributed by atoms with E-state index in [2.05, 4.69) is 25.8 Å². The van der Waals surface area contributed by atoms with Gasteiger partial charge >= 0.3 is 0 Å². The first-order chi connectivity index (χ1) is 11.9. The van der Waals surface area contributed by atoms with E-state index < -0.39 is 5.60 Å². The molecule has 2 aromatic heterocycles. The number of aliphatic hydroxyl groups is 1. The van der Waals surface area contributed by atoms with E-state index >= 15 is 0 Å². The highest BCUT2D eigenvalue weighted by atomic mass is 32.1. The molecule has 0 radical (unpaired) electrons. The topological polar surface area (TPSA) is 106 Å². The van der Waals surface area contributed by atoms with E-state index in [1.807, 2.05) is 30.3 Å². The van der Waals surface area contributed by atoms with Gasteiger partial charge in [0.05, 0.1) is 24.9 Å². The molecule has 2 N–H and O–H groups in total. The number of rotatable bonds is 6. The number of nitrogens with zero attached hydrogens (tertiary/aromatic N) is 5. The Kier molecular flexibility index (Phi) is 4.86. The van der Waals surface area contributed by atoms with Gasteiger partial charge in [0.2, 0.25) is 0 Å². The number of carbonyl (C=O) groups is 1. The van der Waals surface area contributed by atoms with Gasteiger partial charge in [-0.3, -0.25) is 4.79 Å². The second-order valence-electron chi connectivity index (χ2n) is 6.16.